The number of primary amides is 1. The van der Waals surface area contributed by atoms with E-state index in [4.69, 9.17) is 16.2 Å². The standard InChI is InChI=1S/C10H10N4O2.C7H14.C2H7N/c11-9(15)4-16-6-1-2-8-7(3-6)10(12)14-5-13-8;1-7-5-3-2-4-6-7;1-3-2/h1-3,5H,4H2,(H2,11,15)(H2,12,13,14);7H,2-6H2,1H3;3H,1-2H3. The number of fused-ring (bicyclic) bond motifs is 1. The summed E-state index contributed by atoms with van der Waals surface area (Å²) in [5, 5.41) is 3.43. The van der Waals surface area contributed by atoms with Gasteiger partial charge in [0, 0.05) is 5.39 Å². The highest BCUT2D eigenvalue weighted by atomic mass is 16.5. The van der Waals surface area contributed by atoms with E-state index >= 15 is 0 Å². The minimum atomic E-state index is -0.530. The minimum Gasteiger partial charge on any atom is -0.484 e. The second kappa shape index (κ2) is 12.0. The molecule has 1 aliphatic rings. The van der Waals surface area contributed by atoms with E-state index in [1.54, 1.807) is 18.2 Å². The van der Waals surface area contributed by atoms with Gasteiger partial charge >= 0.3 is 0 Å². The first-order valence-corrected chi connectivity index (χ1v) is 8.97. The number of benzene rings is 1. The number of amides is 1. The van der Waals surface area contributed by atoms with Crippen LogP contribution in [0.3, 0.4) is 0 Å². The Bertz CT molecular complexity index is 672. The number of ether oxygens (including phenoxy) is 1. The fraction of sp³-hybridized carbons (Fsp3) is 0.526. The molecule has 0 aliphatic heterocycles. The number of nitrogens with two attached hydrogens (primary N) is 2. The zero-order chi connectivity index (χ0) is 19.4. The van der Waals surface area contributed by atoms with Crippen molar-refractivity contribution in [2.24, 2.45) is 11.7 Å². The summed E-state index contributed by atoms with van der Waals surface area (Å²) >= 11 is 0. The molecule has 1 heterocycles. The third-order valence-corrected chi connectivity index (χ3v) is 3.91. The molecule has 3 rings (SSSR count). The molecule has 1 fully saturated rings. The monoisotopic (exact) mass is 361 g/mol. The van der Waals surface area contributed by atoms with Crippen LogP contribution in [0, 0.1) is 5.92 Å². The van der Waals surface area contributed by atoms with Gasteiger partial charge in [0.05, 0.1) is 5.52 Å². The molecule has 1 aromatic carbocycles. The molecule has 2 aromatic rings. The summed E-state index contributed by atoms with van der Waals surface area (Å²) in [6.07, 6.45) is 8.83. The van der Waals surface area contributed by atoms with Crippen LogP contribution < -0.4 is 21.5 Å². The van der Waals surface area contributed by atoms with Gasteiger partial charge in [0.25, 0.3) is 5.91 Å². The van der Waals surface area contributed by atoms with Crippen LogP contribution in [0.5, 0.6) is 5.75 Å². The van der Waals surface area contributed by atoms with E-state index in [9.17, 15) is 4.79 Å². The molecule has 1 saturated carbocycles. The summed E-state index contributed by atoms with van der Waals surface area (Å²) in [6.45, 7) is 2.19. The highest BCUT2D eigenvalue weighted by Crippen LogP contribution is 2.23. The first-order chi connectivity index (χ1) is 12.5. The molecule has 5 N–H and O–H groups in total. The Labute approximate surface area is 155 Å². The van der Waals surface area contributed by atoms with Gasteiger partial charge in [-0.3, -0.25) is 4.79 Å². The lowest BCUT2D eigenvalue weighted by Gasteiger charge is -2.15. The zero-order valence-corrected chi connectivity index (χ0v) is 16.0. The van der Waals surface area contributed by atoms with Crippen molar-refractivity contribution >= 4 is 22.6 Å². The summed E-state index contributed by atoms with van der Waals surface area (Å²) in [4.78, 5) is 18.5. The summed E-state index contributed by atoms with van der Waals surface area (Å²) in [5.41, 5.74) is 11.4. The lowest BCUT2D eigenvalue weighted by atomic mass is 9.91. The van der Waals surface area contributed by atoms with Crippen LogP contribution in [0.15, 0.2) is 24.5 Å². The van der Waals surface area contributed by atoms with Gasteiger partial charge in [-0.05, 0) is 38.2 Å². The summed E-state index contributed by atoms with van der Waals surface area (Å²) in [7, 11) is 3.75. The number of aromatic nitrogens is 2. The largest absolute Gasteiger partial charge is 0.484 e. The van der Waals surface area contributed by atoms with E-state index in [0.29, 0.717) is 17.0 Å². The van der Waals surface area contributed by atoms with Crippen molar-refractivity contribution < 1.29 is 9.53 Å². The van der Waals surface area contributed by atoms with Crippen LogP contribution >= 0.6 is 0 Å². The molecule has 0 bridgehead atoms. The number of anilines is 1. The smallest absolute Gasteiger partial charge is 0.255 e. The zero-order valence-electron chi connectivity index (χ0n) is 16.0. The fourth-order valence-electron chi connectivity index (χ4n) is 2.61. The summed E-state index contributed by atoms with van der Waals surface area (Å²) < 4.78 is 5.14. The second-order valence-electron chi connectivity index (χ2n) is 6.44. The first kappa shape index (κ1) is 21.6. The molecule has 1 aromatic heterocycles. The Balaban J connectivity index is 0.000000280. The molecule has 0 radical (unpaired) electrons. The molecule has 0 unspecified atom stereocenters. The maximum atomic E-state index is 10.6. The molecule has 7 nitrogen and oxygen atoms in total. The van der Waals surface area contributed by atoms with Crippen LogP contribution in [0.25, 0.3) is 10.9 Å². The average Bonchev–Trinajstić information content (AvgIpc) is 2.62. The van der Waals surface area contributed by atoms with Gasteiger partial charge in [-0.1, -0.05) is 39.0 Å². The topological polar surface area (TPSA) is 116 Å². The number of carbonyl (C=O) groups excluding carboxylic acids is 1. The molecule has 7 heteroatoms. The normalized spacial score (nSPS) is 13.8. The van der Waals surface area contributed by atoms with Gasteiger partial charge in [0.2, 0.25) is 0 Å². The van der Waals surface area contributed by atoms with E-state index in [2.05, 4.69) is 22.2 Å². The highest BCUT2D eigenvalue weighted by Gasteiger charge is 2.06. The predicted molar refractivity (Wildman–Crippen MR) is 106 cm³/mol. The summed E-state index contributed by atoms with van der Waals surface area (Å²) in [6, 6.07) is 5.11. The van der Waals surface area contributed by atoms with Crippen molar-refractivity contribution in [2.75, 3.05) is 26.4 Å². The number of carbonyl (C=O) groups is 1. The predicted octanol–water partition coefficient (Wildman–Crippen LogP) is 2.50. The number of nitrogen functional groups attached to an aromatic ring is 1. The Kier molecular flexibility index (Phi) is 10.0. The van der Waals surface area contributed by atoms with Crippen LogP contribution in [0.1, 0.15) is 39.0 Å². The van der Waals surface area contributed by atoms with E-state index in [-0.39, 0.29) is 6.61 Å². The number of hydrogen-bond acceptors (Lipinski definition) is 6. The van der Waals surface area contributed by atoms with E-state index in [1.807, 2.05) is 14.1 Å². The van der Waals surface area contributed by atoms with Crippen molar-refractivity contribution in [3.05, 3.63) is 24.5 Å². The minimum absolute atomic E-state index is 0.168. The van der Waals surface area contributed by atoms with Crippen molar-refractivity contribution in [1.29, 1.82) is 0 Å². The maximum absolute atomic E-state index is 10.6. The Hall–Kier alpha value is -2.41. The lowest BCUT2D eigenvalue weighted by Crippen LogP contribution is -2.19. The van der Waals surface area contributed by atoms with Gasteiger partial charge < -0.3 is 21.5 Å². The third-order valence-electron chi connectivity index (χ3n) is 3.91. The Morgan fingerprint density at radius 3 is 2.42 bits per heavy atom. The van der Waals surface area contributed by atoms with Gasteiger partial charge in [0.15, 0.2) is 6.61 Å². The van der Waals surface area contributed by atoms with Gasteiger partial charge in [-0.15, -0.1) is 0 Å². The van der Waals surface area contributed by atoms with Gasteiger partial charge in [-0.25, -0.2) is 9.97 Å². The fourth-order valence-corrected chi connectivity index (χ4v) is 2.61. The van der Waals surface area contributed by atoms with Crippen LogP contribution in [0.2, 0.25) is 0 Å². The molecular weight excluding hydrogens is 330 g/mol. The number of nitrogens with one attached hydrogen (secondary N) is 1. The van der Waals surface area contributed by atoms with Crippen molar-refractivity contribution in [3.8, 4) is 5.75 Å². The molecule has 1 amide bonds. The van der Waals surface area contributed by atoms with E-state index in [1.165, 1.54) is 38.4 Å². The molecule has 0 spiro atoms. The number of hydrogen-bond donors (Lipinski definition) is 3. The molecule has 26 heavy (non-hydrogen) atoms. The molecule has 0 saturated heterocycles. The van der Waals surface area contributed by atoms with Crippen molar-refractivity contribution in [3.63, 3.8) is 0 Å². The van der Waals surface area contributed by atoms with Crippen LogP contribution in [-0.4, -0.2) is 36.6 Å². The Morgan fingerprint density at radius 2 is 1.88 bits per heavy atom. The number of rotatable bonds is 3. The Morgan fingerprint density at radius 1 is 1.23 bits per heavy atom. The van der Waals surface area contributed by atoms with Crippen LogP contribution in [0.4, 0.5) is 5.82 Å². The number of nitrogens with zero attached hydrogens (tertiary/aromatic N) is 2. The maximum Gasteiger partial charge on any atom is 0.255 e. The second-order valence-corrected chi connectivity index (χ2v) is 6.44. The quantitative estimate of drug-likeness (QED) is 0.773. The van der Waals surface area contributed by atoms with E-state index < -0.39 is 5.91 Å². The first-order valence-electron chi connectivity index (χ1n) is 8.97. The highest BCUT2D eigenvalue weighted by molar-refractivity contribution is 5.88. The average molecular weight is 361 g/mol. The molecule has 1 aliphatic carbocycles. The molecule has 0 atom stereocenters. The van der Waals surface area contributed by atoms with Crippen molar-refractivity contribution in [2.45, 2.75) is 39.0 Å². The van der Waals surface area contributed by atoms with Gasteiger partial charge in [-0.2, -0.15) is 0 Å². The lowest BCUT2D eigenvalue weighted by molar-refractivity contribution is -0.119. The SMILES string of the molecule is CC1CCCCC1.CNC.NC(=O)COc1ccc2ncnc(N)c2c1. The molecular formula is C19H31N5O2. The third kappa shape index (κ3) is 8.11. The van der Waals surface area contributed by atoms with Gasteiger partial charge in [0.1, 0.15) is 17.9 Å². The van der Waals surface area contributed by atoms with Crippen molar-refractivity contribution in [1.82, 2.24) is 15.3 Å². The van der Waals surface area contributed by atoms with Crippen LogP contribution in [-0.2, 0) is 4.79 Å². The summed E-state index contributed by atoms with van der Waals surface area (Å²) in [5.74, 6) is 1.38. The van der Waals surface area contributed by atoms with E-state index in [0.717, 1.165) is 11.4 Å². The molecule has 144 valence electrons.